The maximum Gasteiger partial charge on any atom is 0.264 e. The van der Waals surface area contributed by atoms with Gasteiger partial charge in [0.2, 0.25) is 0 Å². The van der Waals surface area contributed by atoms with Crippen molar-refractivity contribution in [1.82, 2.24) is 0 Å². The van der Waals surface area contributed by atoms with Gasteiger partial charge in [0, 0.05) is 9.26 Å². The van der Waals surface area contributed by atoms with E-state index in [0.29, 0.717) is 0 Å². The van der Waals surface area contributed by atoms with Gasteiger partial charge in [-0.05, 0) is 52.9 Å². The highest BCUT2D eigenvalue weighted by Crippen LogP contribution is 2.34. The molecule has 0 aliphatic carbocycles. The first-order valence-corrected chi connectivity index (χ1v) is 9.12. The van der Waals surface area contributed by atoms with Crippen LogP contribution in [0, 0.1) is 3.57 Å². The maximum atomic E-state index is 12.4. The molecule has 0 aliphatic rings. The van der Waals surface area contributed by atoms with Gasteiger partial charge in [-0.3, -0.25) is 4.72 Å². The molecular weight excluding hydrogens is 469 g/mol. The Bertz CT molecular complexity index is 789. The lowest BCUT2D eigenvalue weighted by Crippen LogP contribution is -2.14. The fourth-order valence-electron chi connectivity index (χ4n) is 1.60. The summed E-state index contributed by atoms with van der Waals surface area (Å²) in [6.07, 6.45) is 0. The Morgan fingerprint density at radius 1 is 1.00 bits per heavy atom. The average molecular weight is 478 g/mol. The van der Waals surface area contributed by atoms with Gasteiger partial charge in [-0.25, -0.2) is 8.42 Å². The highest BCUT2D eigenvalue weighted by Gasteiger charge is 2.23. The third-order valence-corrected chi connectivity index (χ3v) is 5.73. The molecule has 0 heterocycles. The van der Waals surface area contributed by atoms with E-state index in [2.05, 4.69) is 27.3 Å². The second-order valence-corrected chi connectivity index (χ2v) is 8.13. The lowest BCUT2D eigenvalue weighted by Gasteiger charge is -2.13. The van der Waals surface area contributed by atoms with Crippen LogP contribution in [0.2, 0.25) is 15.1 Å². The van der Waals surface area contributed by atoms with Crippen LogP contribution < -0.4 is 10.5 Å². The van der Waals surface area contributed by atoms with Crippen molar-refractivity contribution in [2.24, 2.45) is 0 Å². The molecule has 9 heteroatoms. The van der Waals surface area contributed by atoms with Crippen LogP contribution in [-0.4, -0.2) is 8.42 Å². The largest absolute Gasteiger partial charge is 0.399 e. The third-order valence-electron chi connectivity index (χ3n) is 2.46. The van der Waals surface area contributed by atoms with Crippen molar-refractivity contribution < 1.29 is 8.42 Å². The van der Waals surface area contributed by atoms with Crippen molar-refractivity contribution in [2.45, 2.75) is 4.90 Å². The number of hydrogen-bond donors (Lipinski definition) is 2. The van der Waals surface area contributed by atoms with Crippen molar-refractivity contribution >= 4 is 78.8 Å². The highest BCUT2D eigenvalue weighted by molar-refractivity contribution is 14.1. The summed E-state index contributed by atoms with van der Waals surface area (Å²) < 4.78 is 28.1. The molecular formula is C12H8Cl3IN2O2S. The standard InChI is InChI=1S/C12H8Cl3IN2O2S/c13-8-3-6(16)1-2-11(8)18-21(19,20)12-9(14)4-7(17)5-10(12)15/h1-5,18H,17H2. The van der Waals surface area contributed by atoms with E-state index in [1.54, 1.807) is 18.2 Å². The Morgan fingerprint density at radius 3 is 2.10 bits per heavy atom. The number of sulfonamides is 1. The van der Waals surface area contributed by atoms with E-state index in [4.69, 9.17) is 40.5 Å². The van der Waals surface area contributed by atoms with Gasteiger partial charge in [0.15, 0.2) is 0 Å². The first kappa shape index (κ1) is 17.0. The zero-order valence-electron chi connectivity index (χ0n) is 10.2. The monoisotopic (exact) mass is 476 g/mol. The smallest absolute Gasteiger partial charge is 0.264 e. The topological polar surface area (TPSA) is 72.2 Å². The summed E-state index contributed by atoms with van der Waals surface area (Å²) >= 11 is 19.9. The molecule has 0 amide bonds. The Hall–Kier alpha value is -0.410. The Labute approximate surface area is 150 Å². The normalized spacial score (nSPS) is 11.4. The molecule has 0 bridgehead atoms. The summed E-state index contributed by atoms with van der Waals surface area (Å²) in [7, 11) is -3.98. The molecule has 0 saturated heterocycles. The molecule has 2 rings (SSSR count). The van der Waals surface area contributed by atoms with Crippen LogP contribution in [0.1, 0.15) is 0 Å². The molecule has 21 heavy (non-hydrogen) atoms. The van der Waals surface area contributed by atoms with Crippen LogP contribution in [0.4, 0.5) is 11.4 Å². The van der Waals surface area contributed by atoms with Crippen LogP contribution >= 0.6 is 57.4 Å². The number of benzene rings is 2. The second-order valence-electron chi connectivity index (χ2n) is 4.04. The number of nitrogens with two attached hydrogens (primary N) is 1. The number of hydrogen-bond acceptors (Lipinski definition) is 3. The predicted molar refractivity (Wildman–Crippen MR) is 95.9 cm³/mol. The summed E-state index contributed by atoms with van der Waals surface area (Å²) in [6, 6.07) is 7.54. The number of halogens is 4. The lowest BCUT2D eigenvalue weighted by atomic mass is 10.3. The summed E-state index contributed by atoms with van der Waals surface area (Å²) in [5.41, 5.74) is 6.07. The Kier molecular flexibility index (Phi) is 5.15. The summed E-state index contributed by atoms with van der Waals surface area (Å²) in [6.45, 7) is 0. The van der Waals surface area contributed by atoms with Gasteiger partial charge in [0.1, 0.15) is 4.90 Å². The van der Waals surface area contributed by atoms with Crippen LogP contribution in [0.15, 0.2) is 35.2 Å². The number of rotatable bonds is 3. The minimum absolute atomic E-state index is 0.0610. The molecule has 0 unspecified atom stereocenters. The molecule has 0 saturated carbocycles. The Balaban J connectivity index is 2.48. The third kappa shape index (κ3) is 3.87. The number of anilines is 2. The van der Waals surface area contributed by atoms with Gasteiger partial charge in [-0.2, -0.15) is 0 Å². The van der Waals surface area contributed by atoms with E-state index >= 15 is 0 Å². The first-order valence-electron chi connectivity index (χ1n) is 5.43. The van der Waals surface area contributed by atoms with E-state index in [-0.39, 0.29) is 31.3 Å². The molecule has 4 nitrogen and oxygen atoms in total. The van der Waals surface area contributed by atoms with Gasteiger partial charge >= 0.3 is 0 Å². The van der Waals surface area contributed by atoms with Gasteiger partial charge in [0.05, 0.1) is 20.8 Å². The first-order chi connectivity index (χ1) is 9.70. The predicted octanol–water partition coefficient (Wildman–Crippen LogP) is 4.63. The number of nitrogens with one attached hydrogen (secondary N) is 1. The average Bonchev–Trinajstić information content (AvgIpc) is 2.30. The highest BCUT2D eigenvalue weighted by atomic mass is 127. The van der Waals surface area contributed by atoms with Crippen LogP contribution in [0.5, 0.6) is 0 Å². The second kappa shape index (κ2) is 6.37. The van der Waals surface area contributed by atoms with Crippen molar-refractivity contribution in [2.75, 3.05) is 10.5 Å². The molecule has 0 atom stereocenters. The molecule has 0 aliphatic heterocycles. The fraction of sp³-hybridized carbons (Fsp3) is 0. The van der Waals surface area contributed by atoms with Gasteiger partial charge in [-0.1, -0.05) is 34.8 Å². The van der Waals surface area contributed by atoms with Crippen LogP contribution in [-0.2, 0) is 10.0 Å². The minimum Gasteiger partial charge on any atom is -0.399 e. The van der Waals surface area contributed by atoms with Gasteiger partial charge in [0.25, 0.3) is 10.0 Å². The molecule has 0 spiro atoms. The zero-order valence-corrected chi connectivity index (χ0v) is 15.4. The fourth-order valence-corrected chi connectivity index (χ4v) is 4.88. The van der Waals surface area contributed by atoms with Crippen LogP contribution in [0.25, 0.3) is 0 Å². The minimum atomic E-state index is -3.98. The maximum absolute atomic E-state index is 12.4. The van der Waals surface area contributed by atoms with Crippen molar-refractivity contribution in [1.29, 1.82) is 0 Å². The van der Waals surface area contributed by atoms with Gasteiger partial charge in [-0.15, -0.1) is 0 Å². The van der Waals surface area contributed by atoms with E-state index in [0.717, 1.165) is 3.57 Å². The van der Waals surface area contributed by atoms with Crippen molar-refractivity contribution in [3.63, 3.8) is 0 Å². The summed E-state index contributed by atoms with van der Waals surface area (Å²) in [4.78, 5) is -0.241. The van der Waals surface area contributed by atoms with Crippen molar-refractivity contribution in [3.05, 3.63) is 49.0 Å². The molecule has 0 fully saturated rings. The number of nitrogen functional groups attached to an aromatic ring is 1. The SMILES string of the molecule is Nc1cc(Cl)c(S(=O)(=O)Nc2ccc(I)cc2Cl)c(Cl)c1. The zero-order chi connectivity index (χ0) is 15.8. The van der Waals surface area contributed by atoms with Gasteiger partial charge < -0.3 is 5.73 Å². The molecule has 3 N–H and O–H groups in total. The van der Waals surface area contributed by atoms with E-state index in [1.807, 2.05) is 0 Å². The molecule has 0 aromatic heterocycles. The molecule has 2 aromatic rings. The van der Waals surface area contributed by atoms with E-state index in [1.165, 1.54) is 12.1 Å². The lowest BCUT2D eigenvalue weighted by molar-refractivity contribution is 0.601. The summed E-state index contributed by atoms with van der Waals surface area (Å²) in [5.74, 6) is 0. The Morgan fingerprint density at radius 2 is 1.57 bits per heavy atom. The molecule has 0 radical (unpaired) electrons. The van der Waals surface area contributed by atoms with E-state index in [9.17, 15) is 8.42 Å². The van der Waals surface area contributed by atoms with Crippen LogP contribution in [0.3, 0.4) is 0 Å². The summed E-state index contributed by atoms with van der Waals surface area (Å²) in [5, 5.41) is 0.149. The van der Waals surface area contributed by atoms with Crippen molar-refractivity contribution in [3.8, 4) is 0 Å². The van der Waals surface area contributed by atoms with E-state index < -0.39 is 10.0 Å². The molecule has 2 aromatic carbocycles. The quantitative estimate of drug-likeness (QED) is 0.500. The molecule has 112 valence electrons.